The number of piperidine rings is 1. The SMILES string of the molecule is CCn1c(N2CCC[C@H](C(=O)NCc3cccc(C)c3)C2)cc(=O)n(C)c1=O. The van der Waals surface area contributed by atoms with Gasteiger partial charge < -0.3 is 10.2 Å². The second-order valence-electron chi connectivity index (χ2n) is 7.42. The minimum atomic E-state index is -0.323. The molecule has 150 valence electrons. The van der Waals surface area contributed by atoms with E-state index in [1.54, 1.807) is 4.57 Å². The maximum Gasteiger partial charge on any atom is 0.332 e. The summed E-state index contributed by atoms with van der Waals surface area (Å²) in [5.41, 5.74) is 1.60. The number of aromatic nitrogens is 2. The van der Waals surface area contributed by atoms with Gasteiger partial charge in [-0.05, 0) is 32.3 Å². The second-order valence-corrected chi connectivity index (χ2v) is 7.42. The van der Waals surface area contributed by atoms with E-state index in [9.17, 15) is 14.4 Å². The highest BCUT2D eigenvalue weighted by Crippen LogP contribution is 2.22. The van der Waals surface area contributed by atoms with E-state index in [1.807, 2.05) is 36.9 Å². The Bertz CT molecular complexity index is 976. The molecule has 1 aliphatic heterocycles. The van der Waals surface area contributed by atoms with Gasteiger partial charge in [0.05, 0.1) is 5.92 Å². The molecule has 1 atom stereocenters. The summed E-state index contributed by atoms with van der Waals surface area (Å²) in [7, 11) is 1.48. The van der Waals surface area contributed by atoms with Gasteiger partial charge in [0.2, 0.25) is 5.91 Å². The molecule has 7 nitrogen and oxygen atoms in total. The van der Waals surface area contributed by atoms with Crippen LogP contribution < -0.4 is 21.5 Å². The van der Waals surface area contributed by atoms with Gasteiger partial charge >= 0.3 is 5.69 Å². The zero-order valence-electron chi connectivity index (χ0n) is 16.8. The molecular weight excluding hydrogens is 356 g/mol. The van der Waals surface area contributed by atoms with E-state index >= 15 is 0 Å². The Kier molecular flexibility index (Phi) is 6.02. The molecule has 2 aromatic rings. The van der Waals surface area contributed by atoms with E-state index in [0.29, 0.717) is 25.5 Å². The first-order valence-electron chi connectivity index (χ1n) is 9.79. The van der Waals surface area contributed by atoms with Gasteiger partial charge in [-0.2, -0.15) is 0 Å². The molecule has 1 N–H and O–H groups in total. The van der Waals surface area contributed by atoms with Crippen molar-refractivity contribution in [3.05, 3.63) is 62.3 Å². The van der Waals surface area contributed by atoms with Crippen LogP contribution in [0.5, 0.6) is 0 Å². The fourth-order valence-corrected chi connectivity index (χ4v) is 3.77. The van der Waals surface area contributed by atoms with Crippen molar-refractivity contribution in [3.8, 4) is 0 Å². The number of benzene rings is 1. The molecule has 1 aliphatic rings. The number of anilines is 1. The lowest BCUT2D eigenvalue weighted by Crippen LogP contribution is -2.47. The Balaban J connectivity index is 1.73. The predicted molar refractivity (Wildman–Crippen MR) is 110 cm³/mol. The van der Waals surface area contributed by atoms with Gasteiger partial charge in [-0.25, -0.2) is 4.79 Å². The second kappa shape index (κ2) is 8.46. The van der Waals surface area contributed by atoms with Gasteiger partial charge in [0.15, 0.2) is 0 Å². The Hall–Kier alpha value is -2.83. The van der Waals surface area contributed by atoms with Gasteiger partial charge in [-0.1, -0.05) is 29.8 Å². The molecule has 0 saturated carbocycles. The number of carbonyl (C=O) groups is 1. The number of aryl methyl sites for hydroxylation is 1. The van der Waals surface area contributed by atoms with Crippen LogP contribution in [-0.2, 0) is 24.9 Å². The van der Waals surface area contributed by atoms with Crippen molar-refractivity contribution in [2.75, 3.05) is 18.0 Å². The molecule has 1 fully saturated rings. The third kappa shape index (κ3) is 4.18. The maximum absolute atomic E-state index is 12.7. The van der Waals surface area contributed by atoms with E-state index in [0.717, 1.165) is 29.5 Å². The monoisotopic (exact) mass is 384 g/mol. The molecule has 0 spiro atoms. The molecule has 0 bridgehead atoms. The predicted octanol–water partition coefficient (Wildman–Crippen LogP) is 1.41. The van der Waals surface area contributed by atoms with Crippen molar-refractivity contribution in [2.45, 2.75) is 39.8 Å². The summed E-state index contributed by atoms with van der Waals surface area (Å²) in [6, 6.07) is 9.58. The van der Waals surface area contributed by atoms with Crippen molar-refractivity contribution in [2.24, 2.45) is 13.0 Å². The third-order valence-electron chi connectivity index (χ3n) is 5.36. The molecule has 1 aromatic heterocycles. The van der Waals surface area contributed by atoms with Gasteiger partial charge in [0, 0.05) is 39.3 Å². The van der Waals surface area contributed by atoms with Gasteiger partial charge in [-0.3, -0.25) is 18.7 Å². The van der Waals surface area contributed by atoms with E-state index < -0.39 is 0 Å². The first-order valence-corrected chi connectivity index (χ1v) is 9.79. The molecule has 0 aliphatic carbocycles. The van der Waals surface area contributed by atoms with Gasteiger partial charge in [0.1, 0.15) is 5.82 Å². The van der Waals surface area contributed by atoms with Gasteiger partial charge in [0.25, 0.3) is 5.56 Å². The number of carbonyl (C=O) groups excluding carboxylic acids is 1. The van der Waals surface area contributed by atoms with Crippen LogP contribution in [0.2, 0.25) is 0 Å². The molecule has 1 amide bonds. The highest BCUT2D eigenvalue weighted by Gasteiger charge is 2.27. The van der Waals surface area contributed by atoms with Crippen LogP contribution >= 0.6 is 0 Å². The fraction of sp³-hybridized carbons (Fsp3) is 0.476. The van der Waals surface area contributed by atoms with E-state index in [2.05, 4.69) is 11.4 Å². The number of rotatable bonds is 5. The number of amides is 1. The highest BCUT2D eigenvalue weighted by atomic mass is 16.2. The molecule has 1 saturated heterocycles. The number of nitrogens with one attached hydrogen (secondary N) is 1. The topological polar surface area (TPSA) is 76.3 Å². The zero-order valence-corrected chi connectivity index (χ0v) is 16.8. The largest absolute Gasteiger partial charge is 0.357 e. The lowest BCUT2D eigenvalue weighted by atomic mass is 9.97. The van der Waals surface area contributed by atoms with Crippen LogP contribution in [0.15, 0.2) is 39.9 Å². The maximum atomic E-state index is 12.7. The average molecular weight is 384 g/mol. The molecule has 3 rings (SSSR count). The van der Waals surface area contributed by atoms with Crippen LogP contribution in [0.25, 0.3) is 0 Å². The lowest BCUT2D eigenvalue weighted by Gasteiger charge is -2.34. The molecule has 28 heavy (non-hydrogen) atoms. The van der Waals surface area contributed by atoms with Crippen LogP contribution in [0.1, 0.15) is 30.9 Å². The smallest absolute Gasteiger partial charge is 0.332 e. The minimum Gasteiger partial charge on any atom is -0.357 e. The summed E-state index contributed by atoms with van der Waals surface area (Å²) in [6.45, 7) is 6.12. The number of nitrogens with zero attached hydrogens (tertiary/aromatic N) is 3. The van der Waals surface area contributed by atoms with Crippen molar-refractivity contribution in [1.29, 1.82) is 0 Å². The molecule has 0 unspecified atom stereocenters. The summed E-state index contributed by atoms with van der Waals surface area (Å²) in [5.74, 6) is 0.454. The first-order chi connectivity index (χ1) is 13.4. The molecular formula is C21H28N4O3. The highest BCUT2D eigenvalue weighted by molar-refractivity contribution is 5.79. The van der Waals surface area contributed by atoms with Crippen molar-refractivity contribution < 1.29 is 4.79 Å². The summed E-state index contributed by atoms with van der Waals surface area (Å²) < 4.78 is 2.71. The summed E-state index contributed by atoms with van der Waals surface area (Å²) in [4.78, 5) is 39.2. The molecule has 1 aromatic carbocycles. The Morgan fingerprint density at radius 2 is 2.04 bits per heavy atom. The van der Waals surface area contributed by atoms with Crippen molar-refractivity contribution in [1.82, 2.24) is 14.5 Å². The Morgan fingerprint density at radius 1 is 1.25 bits per heavy atom. The lowest BCUT2D eigenvalue weighted by molar-refractivity contribution is -0.125. The summed E-state index contributed by atoms with van der Waals surface area (Å²) in [5, 5.41) is 3.03. The molecule has 7 heteroatoms. The van der Waals surface area contributed by atoms with E-state index in [-0.39, 0.29) is 23.1 Å². The first kappa shape index (κ1) is 19.9. The number of hydrogen-bond donors (Lipinski definition) is 1. The average Bonchev–Trinajstić information content (AvgIpc) is 2.70. The molecule has 0 radical (unpaired) electrons. The minimum absolute atomic E-state index is 0.0143. The summed E-state index contributed by atoms with van der Waals surface area (Å²) >= 11 is 0. The van der Waals surface area contributed by atoms with Gasteiger partial charge in [-0.15, -0.1) is 0 Å². The van der Waals surface area contributed by atoms with Crippen LogP contribution in [-0.4, -0.2) is 28.1 Å². The quantitative estimate of drug-likeness (QED) is 0.846. The zero-order chi connectivity index (χ0) is 20.3. The standard InChI is InChI=1S/C21H28N4O3/c1-4-25-18(12-19(26)23(3)21(25)28)24-10-6-9-17(14-24)20(27)22-13-16-8-5-7-15(2)11-16/h5,7-8,11-12,17H,4,6,9-10,13-14H2,1-3H3,(H,22,27)/t17-/m0/s1. The normalized spacial score (nSPS) is 16.8. The fourth-order valence-electron chi connectivity index (χ4n) is 3.77. The third-order valence-corrected chi connectivity index (χ3v) is 5.36. The van der Waals surface area contributed by atoms with E-state index in [4.69, 9.17) is 0 Å². The van der Waals surface area contributed by atoms with Crippen molar-refractivity contribution >= 4 is 11.7 Å². The number of hydrogen-bond acceptors (Lipinski definition) is 4. The van der Waals surface area contributed by atoms with Crippen LogP contribution in [0.3, 0.4) is 0 Å². The van der Waals surface area contributed by atoms with Crippen LogP contribution in [0, 0.1) is 12.8 Å². The Morgan fingerprint density at radius 3 is 2.75 bits per heavy atom. The van der Waals surface area contributed by atoms with Crippen molar-refractivity contribution in [3.63, 3.8) is 0 Å². The Labute approximate surface area is 164 Å². The van der Waals surface area contributed by atoms with Crippen LogP contribution in [0.4, 0.5) is 5.82 Å². The van der Waals surface area contributed by atoms with E-state index in [1.165, 1.54) is 18.7 Å². The summed E-state index contributed by atoms with van der Waals surface area (Å²) in [6.07, 6.45) is 1.65. The molecule has 2 heterocycles.